The van der Waals surface area contributed by atoms with Crippen LogP contribution in [0.2, 0.25) is 0 Å². The average Bonchev–Trinajstić information content (AvgIpc) is 2.29. The van der Waals surface area contributed by atoms with Gasteiger partial charge in [0, 0.05) is 21.7 Å². The highest BCUT2D eigenvalue weighted by Crippen LogP contribution is 2.26. The predicted molar refractivity (Wildman–Crippen MR) is 53.3 cm³/mol. The van der Waals surface area contributed by atoms with E-state index in [1.54, 1.807) is 6.20 Å². The molecule has 2 nitrogen and oxygen atoms in total. The van der Waals surface area contributed by atoms with Gasteiger partial charge in [-0.15, -0.1) is 0 Å². The number of nitrogens with zero attached hydrogens (tertiary/aromatic N) is 1. The molecule has 0 bridgehead atoms. The second kappa shape index (κ2) is 2.59. The van der Waals surface area contributed by atoms with Gasteiger partial charge in [-0.2, -0.15) is 0 Å². The molecule has 0 radical (unpaired) electrons. The fraction of sp³-hybridized carbons (Fsp3) is 0.222. The normalized spacial score (nSPS) is 10.9. The molecule has 0 spiro atoms. The maximum atomic E-state index is 4.24. The number of aryl methyl sites for hydroxylation is 2. The molecule has 0 aliphatic rings. The zero-order valence-electron chi connectivity index (χ0n) is 6.98. The molecule has 3 heteroatoms. The summed E-state index contributed by atoms with van der Waals surface area (Å²) >= 11 is 3.50. The first-order valence-electron chi connectivity index (χ1n) is 3.79. The highest BCUT2D eigenvalue weighted by molar-refractivity contribution is 9.10. The molecular formula is C9H9BrN2. The van der Waals surface area contributed by atoms with Crippen molar-refractivity contribution in [3.05, 3.63) is 28.0 Å². The van der Waals surface area contributed by atoms with Crippen LogP contribution in [0.4, 0.5) is 0 Å². The quantitative estimate of drug-likeness (QED) is 0.733. The molecular weight excluding hydrogens is 216 g/mol. The predicted octanol–water partition coefficient (Wildman–Crippen LogP) is 2.94. The number of pyridine rings is 1. The molecule has 0 aliphatic carbocycles. The highest BCUT2D eigenvalue weighted by Gasteiger charge is 2.06. The molecule has 12 heavy (non-hydrogen) atoms. The Morgan fingerprint density at radius 2 is 2.17 bits per heavy atom. The van der Waals surface area contributed by atoms with E-state index in [-0.39, 0.29) is 0 Å². The Balaban J connectivity index is 2.97. The standard InChI is InChI=1S/C9H9BrN2/c1-5-6(2)12-9-8(5)7(10)3-4-11-9/h3-4H,1-2H3,(H,11,12). The van der Waals surface area contributed by atoms with E-state index in [2.05, 4.69) is 39.7 Å². The lowest BCUT2D eigenvalue weighted by Gasteiger charge is -1.93. The number of hydrogen-bond donors (Lipinski definition) is 1. The van der Waals surface area contributed by atoms with Crippen LogP contribution in [0, 0.1) is 13.8 Å². The highest BCUT2D eigenvalue weighted by atomic mass is 79.9. The first-order valence-corrected chi connectivity index (χ1v) is 4.59. The molecule has 2 aromatic heterocycles. The van der Waals surface area contributed by atoms with E-state index in [9.17, 15) is 0 Å². The third-order valence-electron chi connectivity index (χ3n) is 2.14. The Morgan fingerprint density at radius 1 is 1.42 bits per heavy atom. The van der Waals surface area contributed by atoms with Crippen LogP contribution in [0.25, 0.3) is 11.0 Å². The van der Waals surface area contributed by atoms with Crippen LogP contribution in [0.3, 0.4) is 0 Å². The minimum Gasteiger partial charge on any atom is -0.343 e. The smallest absolute Gasteiger partial charge is 0.138 e. The van der Waals surface area contributed by atoms with Gasteiger partial charge in [-0.3, -0.25) is 0 Å². The molecule has 2 rings (SSSR count). The van der Waals surface area contributed by atoms with Crippen molar-refractivity contribution in [2.24, 2.45) is 0 Å². The van der Waals surface area contributed by atoms with E-state index in [4.69, 9.17) is 0 Å². The van der Waals surface area contributed by atoms with Gasteiger partial charge in [-0.05, 0) is 41.4 Å². The topological polar surface area (TPSA) is 28.7 Å². The maximum absolute atomic E-state index is 4.24. The lowest BCUT2D eigenvalue weighted by Crippen LogP contribution is -1.75. The number of nitrogens with one attached hydrogen (secondary N) is 1. The van der Waals surface area contributed by atoms with Crippen LogP contribution >= 0.6 is 15.9 Å². The van der Waals surface area contributed by atoms with Crippen LogP contribution in [0.5, 0.6) is 0 Å². The van der Waals surface area contributed by atoms with E-state index < -0.39 is 0 Å². The van der Waals surface area contributed by atoms with Crippen LogP contribution in [-0.2, 0) is 0 Å². The Bertz CT molecular complexity index is 431. The van der Waals surface area contributed by atoms with Crippen molar-refractivity contribution < 1.29 is 0 Å². The summed E-state index contributed by atoms with van der Waals surface area (Å²) in [5.74, 6) is 0. The minimum atomic E-state index is 0.958. The maximum Gasteiger partial charge on any atom is 0.138 e. The van der Waals surface area contributed by atoms with Crippen molar-refractivity contribution in [2.45, 2.75) is 13.8 Å². The lowest BCUT2D eigenvalue weighted by atomic mass is 10.2. The SMILES string of the molecule is Cc1[nH]c2nccc(Br)c2c1C. The van der Waals surface area contributed by atoms with Crippen molar-refractivity contribution in [2.75, 3.05) is 0 Å². The molecule has 0 saturated carbocycles. The molecule has 2 heterocycles. The van der Waals surface area contributed by atoms with Gasteiger partial charge in [-0.1, -0.05) is 0 Å². The van der Waals surface area contributed by atoms with E-state index >= 15 is 0 Å². The number of rotatable bonds is 0. The van der Waals surface area contributed by atoms with Gasteiger partial charge >= 0.3 is 0 Å². The monoisotopic (exact) mass is 224 g/mol. The summed E-state index contributed by atoms with van der Waals surface area (Å²) in [6.07, 6.45) is 1.79. The summed E-state index contributed by atoms with van der Waals surface area (Å²) < 4.78 is 1.11. The third-order valence-corrected chi connectivity index (χ3v) is 2.80. The van der Waals surface area contributed by atoms with E-state index in [0.29, 0.717) is 0 Å². The number of fused-ring (bicyclic) bond motifs is 1. The van der Waals surface area contributed by atoms with Crippen LogP contribution in [0.1, 0.15) is 11.3 Å². The molecule has 0 amide bonds. The van der Waals surface area contributed by atoms with Gasteiger partial charge in [-0.25, -0.2) is 4.98 Å². The number of aromatic amines is 1. The summed E-state index contributed by atoms with van der Waals surface area (Å²) in [4.78, 5) is 7.46. The number of halogens is 1. The summed E-state index contributed by atoms with van der Waals surface area (Å²) in [5, 5.41) is 1.19. The summed E-state index contributed by atoms with van der Waals surface area (Å²) in [7, 11) is 0. The van der Waals surface area contributed by atoms with Gasteiger partial charge in [0.1, 0.15) is 5.65 Å². The molecule has 0 atom stereocenters. The van der Waals surface area contributed by atoms with Crippen LogP contribution < -0.4 is 0 Å². The number of H-pyrrole nitrogens is 1. The molecule has 0 saturated heterocycles. The molecule has 0 aliphatic heterocycles. The summed E-state index contributed by atoms with van der Waals surface area (Å²) in [5.41, 5.74) is 3.41. The zero-order valence-corrected chi connectivity index (χ0v) is 8.57. The molecule has 1 N–H and O–H groups in total. The second-order valence-corrected chi connectivity index (χ2v) is 3.75. The van der Waals surface area contributed by atoms with Gasteiger partial charge in [0.15, 0.2) is 0 Å². The number of aromatic nitrogens is 2. The van der Waals surface area contributed by atoms with Crippen molar-refractivity contribution in [3.8, 4) is 0 Å². The minimum absolute atomic E-state index is 0.958. The van der Waals surface area contributed by atoms with Crippen LogP contribution in [0.15, 0.2) is 16.7 Å². The summed E-state index contributed by atoms with van der Waals surface area (Å²) in [6, 6.07) is 1.96. The summed E-state index contributed by atoms with van der Waals surface area (Å²) in [6.45, 7) is 4.16. The molecule has 0 fully saturated rings. The number of hydrogen-bond acceptors (Lipinski definition) is 1. The lowest BCUT2D eigenvalue weighted by molar-refractivity contribution is 1.22. The second-order valence-electron chi connectivity index (χ2n) is 2.89. The Kier molecular flexibility index (Phi) is 1.68. The molecule has 0 aromatic carbocycles. The molecule has 62 valence electrons. The van der Waals surface area contributed by atoms with Crippen molar-refractivity contribution in [1.82, 2.24) is 9.97 Å². The van der Waals surface area contributed by atoms with Gasteiger partial charge in [0.2, 0.25) is 0 Å². The first kappa shape index (κ1) is 7.80. The largest absolute Gasteiger partial charge is 0.343 e. The van der Waals surface area contributed by atoms with Gasteiger partial charge < -0.3 is 4.98 Å². The van der Waals surface area contributed by atoms with Crippen molar-refractivity contribution in [3.63, 3.8) is 0 Å². The van der Waals surface area contributed by atoms with E-state index in [1.165, 1.54) is 16.6 Å². The Labute approximate surface area is 79.1 Å². The molecule has 0 unspecified atom stereocenters. The van der Waals surface area contributed by atoms with Gasteiger partial charge in [0.05, 0.1) is 0 Å². The fourth-order valence-corrected chi connectivity index (χ4v) is 1.95. The van der Waals surface area contributed by atoms with E-state index in [1.807, 2.05) is 6.07 Å². The Hall–Kier alpha value is -0.830. The Morgan fingerprint density at radius 3 is 2.83 bits per heavy atom. The molecule has 2 aromatic rings. The average molecular weight is 225 g/mol. The van der Waals surface area contributed by atoms with Crippen molar-refractivity contribution >= 4 is 27.0 Å². The fourth-order valence-electron chi connectivity index (χ4n) is 1.35. The third kappa shape index (κ3) is 0.966. The van der Waals surface area contributed by atoms with Crippen LogP contribution in [-0.4, -0.2) is 9.97 Å². The van der Waals surface area contributed by atoms with Gasteiger partial charge in [0.25, 0.3) is 0 Å². The zero-order chi connectivity index (χ0) is 8.72. The van der Waals surface area contributed by atoms with Crippen molar-refractivity contribution in [1.29, 1.82) is 0 Å². The van der Waals surface area contributed by atoms with E-state index in [0.717, 1.165) is 10.1 Å². The first-order chi connectivity index (χ1) is 5.70.